The maximum absolute atomic E-state index is 13.6. The molecule has 0 radical (unpaired) electrons. The first-order valence-corrected chi connectivity index (χ1v) is 5.98. The number of hydrogen-bond donors (Lipinski definition) is 2. The van der Waals surface area contributed by atoms with Gasteiger partial charge in [0.1, 0.15) is 5.82 Å². The van der Waals surface area contributed by atoms with E-state index in [9.17, 15) is 9.50 Å². The molecule has 0 aliphatic carbocycles. The Morgan fingerprint density at radius 2 is 2.35 bits per heavy atom. The number of aromatic hydroxyl groups is 1. The average molecular weight is 260 g/mol. The van der Waals surface area contributed by atoms with Crippen molar-refractivity contribution < 1.29 is 14.2 Å². The molecule has 2 N–H and O–H groups in total. The molecule has 1 atom stereocenters. The second-order valence-electron chi connectivity index (χ2n) is 4.18. The fourth-order valence-electron chi connectivity index (χ4n) is 2.24. The van der Waals surface area contributed by atoms with Gasteiger partial charge in [0, 0.05) is 24.1 Å². The molecule has 1 saturated heterocycles. The van der Waals surface area contributed by atoms with E-state index in [0.717, 1.165) is 25.5 Å². The Labute approximate surface area is 105 Å². The van der Waals surface area contributed by atoms with E-state index in [-0.39, 0.29) is 22.4 Å². The zero-order valence-electron chi connectivity index (χ0n) is 9.59. The SMILES string of the molecule is COc1cc(F)c(Cl)c(C2CCCNC2)c1O. The van der Waals surface area contributed by atoms with Crippen molar-refractivity contribution in [3.05, 3.63) is 22.5 Å². The molecule has 3 nitrogen and oxygen atoms in total. The van der Waals surface area contributed by atoms with Crippen molar-refractivity contribution in [2.45, 2.75) is 18.8 Å². The van der Waals surface area contributed by atoms with Gasteiger partial charge in [-0.2, -0.15) is 0 Å². The van der Waals surface area contributed by atoms with Gasteiger partial charge in [0.25, 0.3) is 0 Å². The molecule has 1 heterocycles. The van der Waals surface area contributed by atoms with E-state index in [1.807, 2.05) is 0 Å². The Hall–Kier alpha value is -1.00. The number of piperidine rings is 1. The molecule has 1 aliphatic rings. The monoisotopic (exact) mass is 259 g/mol. The van der Waals surface area contributed by atoms with Crippen molar-refractivity contribution in [2.24, 2.45) is 0 Å². The number of rotatable bonds is 2. The Kier molecular flexibility index (Phi) is 3.74. The van der Waals surface area contributed by atoms with Gasteiger partial charge in [0.15, 0.2) is 11.5 Å². The minimum atomic E-state index is -0.554. The third kappa shape index (κ3) is 2.33. The Morgan fingerprint density at radius 3 is 2.94 bits per heavy atom. The number of halogens is 2. The van der Waals surface area contributed by atoms with Gasteiger partial charge in [0.05, 0.1) is 12.1 Å². The van der Waals surface area contributed by atoms with E-state index in [0.29, 0.717) is 12.1 Å². The zero-order chi connectivity index (χ0) is 12.4. The Bertz CT molecular complexity index is 419. The van der Waals surface area contributed by atoms with Gasteiger partial charge in [-0.15, -0.1) is 0 Å². The second kappa shape index (κ2) is 5.10. The lowest BCUT2D eigenvalue weighted by molar-refractivity contribution is 0.359. The summed E-state index contributed by atoms with van der Waals surface area (Å²) in [5.41, 5.74) is 0.454. The van der Waals surface area contributed by atoms with Crippen LogP contribution in [0, 0.1) is 5.82 Å². The summed E-state index contributed by atoms with van der Waals surface area (Å²) in [6, 6.07) is 1.11. The first-order chi connectivity index (χ1) is 8.15. The minimum Gasteiger partial charge on any atom is -0.504 e. The number of methoxy groups -OCH3 is 1. The highest BCUT2D eigenvalue weighted by Gasteiger charge is 2.25. The van der Waals surface area contributed by atoms with Crippen LogP contribution in [0.3, 0.4) is 0 Å². The van der Waals surface area contributed by atoms with Crippen molar-refractivity contribution in [1.29, 1.82) is 0 Å². The summed E-state index contributed by atoms with van der Waals surface area (Å²) in [7, 11) is 1.39. The van der Waals surface area contributed by atoms with Crippen molar-refractivity contribution in [2.75, 3.05) is 20.2 Å². The van der Waals surface area contributed by atoms with Crippen LogP contribution in [0.25, 0.3) is 0 Å². The van der Waals surface area contributed by atoms with E-state index in [1.165, 1.54) is 7.11 Å². The van der Waals surface area contributed by atoms with Crippen LogP contribution < -0.4 is 10.1 Å². The normalized spacial score (nSPS) is 20.3. The van der Waals surface area contributed by atoms with Crippen LogP contribution in [-0.4, -0.2) is 25.3 Å². The first-order valence-electron chi connectivity index (χ1n) is 5.60. The van der Waals surface area contributed by atoms with Gasteiger partial charge in [-0.05, 0) is 19.4 Å². The summed E-state index contributed by atoms with van der Waals surface area (Å²) in [6.45, 7) is 1.64. The van der Waals surface area contributed by atoms with Crippen molar-refractivity contribution in [1.82, 2.24) is 5.32 Å². The number of phenols is 1. The molecule has 0 aromatic heterocycles. The Balaban J connectivity index is 2.46. The minimum absolute atomic E-state index is 0.00278. The van der Waals surface area contributed by atoms with Crippen LogP contribution >= 0.6 is 11.6 Å². The number of ether oxygens (including phenoxy) is 1. The molecule has 0 bridgehead atoms. The van der Waals surface area contributed by atoms with E-state index in [4.69, 9.17) is 16.3 Å². The summed E-state index contributed by atoms with van der Waals surface area (Å²) in [4.78, 5) is 0. The van der Waals surface area contributed by atoms with Crippen LogP contribution in [0.5, 0.6) is 11.5 Å². The molecule has 1 fully saturated rings. The van der Waals surface area contributed by atoms with Gasteiger partial charge in [-0.25, -0.2) is 4.39 Å². The second-order valence-corrected chi connectivity index (χ2v) is 4.56. The summed E-state index contributed by atoms with van der Waals surface area (Å²) < 4.78 is 18.6. The molecule has 2 rings (SSSR count). The lowest BCUT2D eigenvalue weighted by atomic mass is 9.90. The number of hydrogen-bond acceptors (Lipinski definition) is 3. The van der Waals surface area contributed by atoms with Crippen LogP contribution in [0.4, 0.5) is 4.39 Å². The highest BCUT2D eigenvalue weighted by Crippen LogP contribution is 2.43. The number of benzene rings is 1. The zero-order valence-corrected chi connectivity index (χ0v) is 10.4. The van der Waals surface area contributed by atoms with Gasteiger partial charge in [-0.1, -0.05) is 11.6 Å². The molecule has 1 unspecified atom stereocenters. The van der Waals surface area contributed by atoms with Crippen molar-refractivity contribution >= 4 is 11.6 Å². The van der Waals surface area contributed by atoms with E-state index < -0.39 is 5.82 Å². The Morgan fingerprint density at radius 1 is 1.59 bits per heavy atom. The van der Waals surface area contributed by atoms with E-state index in [2.05, 4.69) is 5.32 Å². The maximum Gasteiger partial charge on any atom is 0.163 e. The third-order valence-corrected chi connectivity index (χ3v) is 3.50. The van der Waals surface area contributed by atoms with E-state index in [1.54, 1.807) is 0 Å². The van der Waals surface area contributed by atoms with Gasteiger partial charge < -0.3 is 15.2 Å². The molecule has 0 spiro atoms. The summed E-state index contributed by atoms with van der Waals surface area (Å²) in [5, 5.41) is 13.3. The average Bonchev–Trinajstić information content (AvgIpc) is 2.35. The van der Waals surface area contributed by atoms with Crippen LogP contribution in [0.1, 0.15) is 24.3 Å². The number of phenolic OH excluding ortho intramolecular Hbond substituents is 1. The highest BCUT2D eigenvalue weighted by molar-refractivity contribution is 6.31. The fourth-order valence-corrected chi connectivity index (χ4v) is 2.54. The largest absolute Gasteiger partial charge is 0.504 e. The summed E-state index contributed by atoms with van der Waals surface area (Å²) >= 11 is 5.94. The molecule has 94 valence electrons. The molecule has 1 aliphatic heterocycles. The summed E-state index contributed by atoms with van der Waals surface area (Å²) in [5.74, 6) is -0.442. The molecule has 0 amide bonds. The number of nitrogens with one attached hydrogen (secondary N) is 1. The quantitative estimate of drug-likeness (QED) is 0.858. The molecule has 0 saturated carbocycles. The van der Waals surface area contributed by atoms with Crippen LogP contribution in [-0.2, 0) is 0 Å². The molecular formula is C12H15ClFNO2. The van der Waals surface area contributed by atoms with Gasteiger partial charge >= 0.3 is 0 Å². The third-order valence-electron chi connectivity index (χ3n) is 3.12. The van der Waals surface area contributed by atoms with Crippen LogP contribution in [0.2, 0.25) is 5.02 Å². The van der Waals surface area contributed by atoms with Crippen molar-refractivity contribution in [3.63, 3.8) is 0 Å². The predicted molar refractivity (Wildman–Crippen MR) is 64.5 cm³/mol. The van der Waals surface area contributed by atoms with Gasteiger partial charge in [-0.3, -0.25) is 0 Å². The lowest BCUT2D eigenvalue weighted by Gasteiger charge is -2.25. The highest BCUT2D eigenvalue weighted by atomic mass is 35.5. The molecule has 5 heteroatoms. The van der Waals surface area contributed by atoms with Crippen LogP contribution in [0.15, 0.2) is 6.07 Å². The topological polar surface area (TPSA) is 41.5 Å². The molecule has 1 aromatic rings. The molecule has 1 aromatic carbocycles. The fraction of sp³-hybridized carbons (Fsp3) is 0.500. The van der Waals surface area contributed by atoms with E-state index >= 15 is 0 Å². The maximum atomic E-state index is 13.6. The van der Waals surface area contributed by atoms with Gasteiger partial charge in [0.2, 0.25) is 0 Å². The first kappa shape index (κ1) is 12.5. The smallest absolute Gasteiger partial charge is 0.163 e. The molecule has 17 heavy (non-hydrogen) atoms. The summed E-state index contributed by atoms with van der Waals surface area (Å²) in [6.07, 6.45) is 1.87. The predicted octanol–water partition coefficient (Wildman–Crippen LogP) is 2.66. The lowest BCUT2D eigenvalue weighted by Crippen LogP contribution is -2.28. The molecular weight excluding hydrogens is 245 g/mol. The standard InChI is InChI=1S/C12H15ClFNO2/c1-17-9-5-8(14)11(13)10(12(9)16)7-3-2-4-15-6-7/h5,7,15-16H,2-4,6H2,1H3. The van der Waals surface area contributed by atoms with Crippen molar-refractivity contribution in [3.8, 4) is 11.5 Å².